The zero-order chi connectivity index (χ0) is 11.0. The molecule has 0 aliphatic heterocycles. The van der Waals surface area contributed by atoms with Crippen molar-refractivity contribution >= 4 is 22.5 Å². The van der Waals surface area contributed by atoms with Gasteiger partial charge in [-0.05, 0) is 24.3 Å². The maximum absolute atomic E-state index is 6.19. The van der Waals surface area contributed by atoms with Crippen LogP contribution < -0.4 is 0 Å². The zero-order valence-corrected chi connectivity index (χ0v) is 9.32. The lowest BCUT2D eigenvalue weighted by molar-refractivity contribution is 0.497. The first-order valence-electron chi connectivity index (χ1n) is 5.10. The molecule has 2 nitrogen and oxygen atoms in total. The molecule has 0 radical (unpaired) electrons. The average Bonchev–Trinajstić information content (AvgIpc) is 2.90. The van der Waals surface area contributed by atoms with Crippen molar-refractivity contribution in [3.05, 3.63) is 59.6 Å². The molecule has 0 spiro atoms. The van der Waals surface area contributed by atoms with Crippen molar-refractivity contribution in [2.45, 2.75) is 6.54 Å². The largest absolute Gasteiger partial charge is 0.467 e. The minimum Gasteiger partial charge on any atom is -0.467 e. The van der Waals surface area contributed by atoms with Gasteiger partial charge in [-0.1, -0.05) is 23.7 Å². The molecule has 0 aliphatic carbocycles. The van der Waals surface area contributed by atoms with Crippen molar-refractivity contribution in [1.82, 2.24) is 4.57 Å². The number of para-hydroxylation sites is 1. The minimum absolute atomic E-state index is 0.709. The van der Waals surface area contributed by atoms with E-state index in [1.807, 2.05) is 30.5 Å². The molecule has 0 saturated carbocycles. The summed E-state index contributed by atoms with van der Waals surface area (Å²) in [6.07, 6.45) is 3.71. The quantitative estimate of drug-likeness (QED) is 0.653. The van der Waals surface area contributed by atoms with Gasteiger partial charge >= 0.3 is 0 Å². The highest BCUT2D eigenvalue weighted by Gasteiger charge is 2.06. The molecule has 0 aliphatic rings. The van der Waals surface area contributed by atoms with E-state index in [-0.39, 0.29) is 0 Å². The van der Waals surface area contributed by atoms with Crippen molar-refractivity contribution < 1.29 is 4.42 Å². The van der Waals surface area contributed by atoms with E-state index in [1.165, 1.54) is 0 Å². The summed E-state index contributed by atoms with van der Waals surface area (Å²) in [6, 6.07) is 11.8. The number of halogens is 1. The molecule has 80 valence electrons. The van der Waals surface area contributed by atoms with Crippen LogP contribution in [0.1, 0.15) is 5.76 Å². The van der Waals surface area contributed by atoms with Crippen molar-refractivity contribution in [3.8, 4) is 0 Å². The highest BCUT2D eigenvalue weighted by atomic mass is 35.5. The highest BCUT2D eigenvalue weighted by Crippen LogP contribution is 2.25. The summed E-state index contributed by atoms with van der Waals surface area (Å²) in [6.45, 7) is 0.709. The third-order valence-electron chi connectivity index (χ3n) is 2.65. The number of rotatable bonds is 2. The summed E-state index contributed by atoms with van der Waals surface area (Å²) in [5.41, 5.74) is 1.06. The van der Waals surface area contributed by atoms with Crippen LogP contribution in [0, 0.1) is 0 Å². The monoisotopic (exact) mass is 231 g/mol. The summed E-state index contributed by atoms with van der Waals surface area (Å²) >= 11 is 6.19. The average molecular weight is 232 g/mol. The Hall–Kier alpha value is -1.67. The van der Waals surface area contributed by atoms with Crippen LogP contribution in [0.3, 0.4) is 0 Å². The number of fused-ring (bicyclic) bond motifs is 1. The fourth-order valence-corrected chi connectivity index (χ4v) is 2.21. The van der Waals surface area contributed by atoms with Crippen LogP contribution in [-0.4, -0.2) is 4.57 Å². The Morgan fingerprint density at radius 1 is 1.12 bits per heavy atom. The van der Waals surface area contributed by atoms with Crippen LogP contribution in [0.15, 0.2) is 53.3 Å². The number of hydrogen-bond donors (Lipinski definition) is 0. The van der Waals surface area contributed by atoms with Crippen molar-refractivity contribution in [3.63, 3.8) is 0 Å². The van der Waals surface area contributed by atoms with Crippen LogP contribution in [-0.2, 0) is 6.54 Å². The molecular weight excluding hydrogens is 222 g/mol. The summed E-state index contributed by atoms with van der Waals surface area (Å²) in [4.78, 5) is 0. The van der Waals surface area contributed by atoms with E-state index in [2.05, 4.69) is 16.7 Å². The zero-order valence-electron chi connectivity index (χ0n) is 8.56. The second-order valence-electron chi connectivity index (χ2n) is 3.70. The fraction of sp³-hybridized carbons (Fsp3) is 0.0769. The van der Waals surface area contributed by atoms with Gasteiger partial charge in [0.1, 0.15) is 5.76 Å². The van der Waals surface area contributed by atoms with Crippen molar-refractivity contribution in [1.29, 1.82) is 0 Å². The Morgan fingerprint density at radius 3 is 2.88 bits per heavy atom. The number of aromatic nitrogens is 1. The van der Waals surface area contributed by atoms with E-state index in [1.54, 1.807) is 6.26 Å². The SMILES string of the molecule is Clc1cccc2ccn(Cc3ccco3)c12. The standard InChI is InChI=1S/C13H10ClNO/c14-12-5-1-3-10-6-7-15(13(10)12)9-11-4-2-8-16-11/h1-8H,9H2. The van der Waals surface area contributed by atoms with Gasteiger partial charge in [-0.15, -0.1) is 0 Å². The first kappa shape index (κ1) is 9.55. The van der Waals surface area contributed by atoms with E-state index in [0.29, 0.717) is 6.54 Å². The summed E-state index contributed by atoms with van der Waals surface area (Å²) in [5.74, 6) is 0.928. The molecular formula is C13H10ClNO. The molecule has 2 heterocycles. The van der Waals surface area contributed by atoms with E-state index in [9.17, 15) is 0 Å². The van der Waals surface area contributed by atoms with Gasteiger partial charge in [0.05, 0.1) is 23.3 Å². The van der Waals surface area contributed by atoms with E-state index in [4.69, 9.17) is 16.0 Å². The Bertz CT molecular complexity index is 610. The smallest absolute Gasteiger partial charge is 0.123 e. The maximum Gasteiger partial charge on any atom is 0.123 e. The van der Waals surface area contributed by atoms with Crippen LogP contribution in [0.4, 0.5) is 0 Å². The Morgan fingerprint density at radius 2 is 2.06 bits per heavy atom. The van der Waals surface area contributed by atoms with Gasteiger partial charge in [0.2, 0.25) is 0 Å². The van der Waals surface area contributed by atoms with E-state index >= 15 is 0 Å². The van der Waals surface area contributed by atoms with Gasteiger partial charge in [-0.25, -0.2) is 0 Å². The van der Waals surface area contributed by atoms with Crippen LogP contribution >= 0.6 is 11.6 Å². The highest BCUT2D eigenvalue weighted by molar-refractivity contribution is 6.35. The molecule has 3 rings (SSSR count). The molecule has 2 aromatic heterocycles. The van der Waals surface area contributed by atoms with Gasteiger partial charge in [0, 0.05) is 11.6 Å². The van der Waals surface area contributed by atoms with Gasteiger partial charge in [-0.2, -0.15) is 0 Å². The summed E-state index contributed by atoms with van der Waals surface area (Å²) in [5, 5.41) is 1.92. The van der Waals surface area contributed by atoms with Crippen molar-refractivity contribution in [2.24, 2.45) is 0 Å². The molecule has 0 saturated heterocycles. The fourth-order valence-electron chi connectivity index (χ4n) is 1.92. The third kappa shape index (κ3) is 1.51. The predicted octanol–water partition coefficient (Wildman–Crippen LogP) is 3.94. The molecule has 1 aromatic carbocycles. The number of furan rings is 1. The van der Waals surface area contributed by atoms with Gasteiger partial charge in [0.25, 0.3) is 0 Å². The lowest BCUT2D eigenvalue weighted by atomic mass is 10.2. The number of nitrogens with zero attached hydrogens (tertiary/aromatic N) is 1. The molecule has 0 N–H and O–H groups in total. The molecule has 0 fully saturated rings. The second-order valence-corrected chi connectivity index (χ2v) is 4.11. The van der Waals surface area contributed by atoms with Crippen LogP contribution in [0.2, 0.25) is 5.02 Å². The van der Waals surface area contributed by atoms with Gasteiger partial charge in [-0.3, -0.25) is 0 Å². The topological polar surface area (TPSA) is 18.1 Å². The first-order valence-corrected chi connectivity index (χ1v) is 5.48. The van der Waals surface area contributed by atoms with Crippen LogP contribution in [0.5, 0.6) is 0 Å². The normalized spacial score (nSPS) is 11.1. The van der Waals surface area contributed by atoms with E-state index < -0.39 is 0 Å². The van der Waals surface area contributed by atoms with Gasteiger partial charge in [0.15, 0.2) is 0 Å². The summed E-state index contributed by atoms with van der Waals surface area (Å²) in [7, 11) is 0. The molecule has 0 amide bonds. The number of benzene rings is 1. The molecule has 0 atom stereocenters. The Kier molecular flexibility index (Phi) is 2.22. The van der Waals surface area contributed by atoms with Crippen LogP contribution in [0.25, 0.3) is 10.9 Å². The predicted molar refractivity (Wildman–Crippen MR) is 64.8 cm³/mol. The molecule has 0 unspecified atom stereocenters. The minimum atomic E-state index is 0.709. The lowest BCUT2D eigenvalue weighted by Crippen LogP contribution is -1.96. The molecule has 0 bridgehead atoms. The number of hydrogen-bond acceptors (Lipinski definition) is 1. The third-order valence-corrected chi connectivity index (χ3v) is 2.95. The second kappa shape index (κ2) is 3.72. The van der Waals surface area contributed by atoms with Crippen molar-refractivity contribution in [2.75, 3.05) is 0 Å². The summed E-state index contributed by atoms with van der Waals surface area (Å²) < 4.78 is 7.43. The molecule has 16 heavy (non-hydrogen) atoms. The molecule has 3 heteroatoms. The first-order chi connectivity index (χ1) is 7.84. The maximum atomic E-state index is 6.19. The Labute approximate surface area is 98.1 Å². The molecule has 3 aromatic rings. The van der Waals surface area contributed by atoms with E-state index in [0.717, 1.165) is 21.7 Å². The Balaban J connectivity index is 2.10. The van der Waals surface area contributed by atoms with Gasteiger partial charge < -0.3 is 8.98 Å². The lowest BCUT2D eigenvalue weighted by Gasteiger charge is -2.04.